The SMILES string of the molecule is COc1ccc(CN2C(=O)CC[C@@H]2/C=C(\c2ccc(C(C)(C)C)cc2)c2ccc(CCC(=O)O)c(=O)[nH]2)c(OC)c1. The number of carbonyl (C=O) groups excluding carboxylic acids is 1. The largest absolute Gasteiger partial charge is 0.497 e. The summed E-state index contributed by atoms with van der Waals surface area (Å²) in [4.78, 5) is 41.8. The van der Waals surface area contributed by atoms with Crippen LogP contribution in [0, 0.1) is 0 Å². The van der Waals surface area contributed by atoms with E-state index in [9.17, 15) is 14.4 Å². The van der Waals surface area contributed by atoms with Gasteiger partial charge in [0.2, 0.25) is 5.91 Å². The summed E-state index contributed by atoms with van der Waals surface area (Å²) in [6.07, 6.45) is 3.14. The summed E-state index contributed by atoms with van der Waals surface area (Å²) in [5.41, 5.74) is 4.46. The Balaban J connectivity index is 1.74. The first kappa shape index (κ1) is 29.6. The molecule has 1 atom stereocenters. The molecule has 0 saturated carbocycles. The first-order valence-corrected chi connectivity index (χ1v) is 13.8. The molecule has 2 heterocycles. The molecule has 0 unspecified atom stereocenters. The van der Waals surface area contributed by atoms with Crippen LogP contribution >= 0.6 is 0 Å². The lowest BCUT2D eigenvalue weighted by Crippen LogP contribution is -2.31. The van der Waals surface area contributed by atoms with Crippen molar-refractivity contribution in [3.63, 3.8) is 0 Å². The van der Waals surface area contributed by atoms with Crippen molar-refractivity contribution in [1.82, 2.24) is 9.88 Å². The zero-order chi connectivity index (χ0) is 29.7. The standard InChI is InChI=1S/C33H38N2O6/c1-33(2,3)24-11-6-21(7-12-24)27(28-15-9-22(32(39)34-28)10-17-31(37)38)18-25-13-16-30(36)35(25)20-23-8-14-26(40-4)19-29(23)41-5/h6-9,11-12,14-15,18-19,25H,10,13,16-17,20H2,1-5H3,(H,34,39)(H,37,38)/b27-18+/t25-/m1/s1. The molecule has 2 aromatic carbocycles. The average Bonchev–Trinajstić information content (AvgIpc) is 3.29. The van der Waals surface area contributed by atoms with Crippen LogP contribution in [0.5, 0.6) is 11.5 Å². The van der Waals surface area contributed by atoms with E-state index in [0.717, 1.165) is 16.7 Å². The number of aromatic amines is 1. The summed E-state index contributed by atoms with van der Waals surface area (Å²) >= 11 is 0. The number of aryl methyl sites for hydroxylation is 1. The number of carbonyl (C=O) groups is 2. The number of carboxylic acid groups (broad SMARTS) is 1. The Bertz CT molecular complexity index is 1500. The lowest BCUT2D eigenvalue weighted by atomic mass is 9.86. The predicted molar refractivity (Wildman–Crippen MR) is 158 cm³/mol. The van der Waals surface area contributed by atoms with Crippen LogP contribution in [0.3, 0.4) is 0 Å². The van der Waals surface area contributed by atoms with E-state index in [1.165, 1.54) is 5.56 Å². The van der Waals surface area contributed by atoms with Gasteiger partial charge < -0.3 is 24.5 Å². The minimum absolute atomic E-state index is 0.0192. The number of carboxylic acids is 1. The quantitative estimate of drug-likeness (QED) is 0.348. The smallest absolute Gasteiger partial charge is 0.303 e. The third kappa shape index (κ3) is 7.06. The highest BCUT2D eigenvalue weighted by molar-refractivity contribution is 5.82. The molecule has 0 spiro atoms. The Kier molecular flexibility index (Phi) is 9.01. The fourth-order valence-electron chi connectivity index (χ4n) is 5.08. The van der Waals surface area contributed by atoms with Crippen LogP contribution in [-0.4, -0.2) is 47.1 Å². The highest BCUT2D eigenvalue weighted by Crippen LogP contribution is 2.33. The van der Waals surface area contributed by atoms with Gasteiger partial charge in [-0.25, -0.2) is 0 Å². The normalized spacial score (nSPS) is 15.7. The molecule has 3 aromatic rings. The number of ether oxygens (including phenoxy) is 2. The maximum Gasteiger partial charge on any atom is 0.303 e. The van der Waals surface area contributed by atoms with Crippen molar-refractivity contribution in [2.45, 2.75) is 64.5 Å². The fourth-order valence-corrected chi connectivity index (χ4v) is 5.08. The van der Waals surface area contributed by atoms with Crippen LogP contribution in [0.15, 0.2) is 65.5 Å². The molecule has 1 aliphatic heterocycles. The Morgan fingerprint density at radius 3 is 2.34 bits per heavy atom. The lowest BCUT2D eigenvalue weighted by molar-refractivity contribution is -0.137. The number of hydrogen-bond acceptors (Lipinski definition) is 5. The predicted octanol–water partition coefficient (Wildman–Crippen LogP) is 5.33. The van der Waals surface area contributed by atoms with Crippen molar-refractivity contribution in [3.8, 4) is 11.5 Å². The number of nitrogens with one attached hydrogen (secondary N) is 1. The molecule has 0 radical (unpaired) electrons. The van der Waals surface area contributed by atoms with Gasteiger partial charge in [-0.05, 0) is 47.6 Å². The monoisotopic (exact) mass is 558 g/mol. The van der Waals surface area contributed by atoms with E-state index in [0.29, 0.717) is 42.1 Å². The molecule has 216 valence electrons. The van der Waals surface area contributed by atoms with E-state index in [2.05, 4.69) is 44.0 Å². The number of amides is 1. The van der Waals surface area contributed by atoms with Gasteiger partial charge in [0.15, 0.2) is 0 Å². The molecule has 1 saturated heterocycles. The van der Waals surface area contributed by atoms with Gasteiger partial charge in [-0.1, -0.05) is 57.2 Å². The van der Waals surface area contributed by atoms with E-state index in [-0.39, 0.29) is 35.8 Å². The van der Waals surface area contributed by atoms with Gasteiger partial charge in [0, 0.05) is 47.8 Å². The van der Waals surface area contributed by atoms with Crippen LogP contribution < -0.4 is 15.0 Å². The van der Waals surface area contributed by atoms with E-state index < -0.39 is 5.97 Å². The molecule has 0 bridgehead atoms. The number of benzene rings is 2. The van der Waals surface area contributed by atoms with Gasteiger partial charge in [0.25, 0.3) is 5.56 Å². The number of aliphatic carboxylic acids is 1. The van der Waals surface area contributed by atoms with Crippen LogP contribution in [0.25, 0.3) is 5.57 Å². The number of aromatic nitrogens is 1. The van der Waals surface area contributed by atoms with E-state index in [4.69, 9.17) is 14.6 Å². The van der Waals surface area contributed by atoms with Gasteiger partial charge in [0.05, 0.1) is 20.3 Å². The number of likely N-dealkylation sites (tertiary alicyclic amines) is 1. The summed E-state index contributed by atoms with van der Waals surface area (Å²) in [5, 5.41) is 9.04. The molecule has 4 rings (SSSR count). The molecule has 1 aromatic heterocycles. The van der Waals surface area contributed by atoms with Crippen LogP contribution in [0.2, 0.25) is 0 Å². The number of H-pyrrole nitrogens is 1. The Hall–Kier alpha value is -4.33. The fraction of sp³-hybridized carbons (Fsp3) is 0.364. The van der Waals surface area contributed by atoms with Crippen molar-refractivity contribution < 1.29 is 24.2 Å². The van der Waals surface area contributed by atoms with Crippen molar-refractivity contribution in [2.24, 2.45) is 0 Å². The Morgan fingerprint density at radius 1 is 1.02 bits per heavy atom. The molecular weight excluding hydrogens is 520 g/mol. The number of pyridine rings is 1. The topological polar surface area (TPSA) is 109 Å². The zero-order valence-corrected chi connectivity index (χ0v) is 24.3. The molecule has 8 heteroatoms. The van der Waals surface area contributed by atoms with Gasteiger partial charge in [0.1, 0.15) is 11.5 Å². The minimum atomic E-state index is -0.951. The lowest BCUT2D eigenvalue weighted by Gasteiger charge is -2.25. The van der Waals surface area contributed by atoms with E-state index in [1.807, 2.05) is 35.2 Å². The average molecular weight is 559 g/mol. The maximum atomic E-state index is 13.1. The summed E-state index contributed by atoms with van der Waals surface area (Å²) in [6.45, 7) is 6.83. The molecule has 2 N–H and O–H groups in total. The minimum Gasteiger partial charge on any atom is -0.497 e. The van der Waals surface area contributed by atoms with Gasteiger partial charge in [-0.2, -0.15) is 0 Å². The van der Waals surface area contributed by atoms with Gasteiger partial charge in [-0.3, -0.25) is 14.4 Å². The molecule has 1 fully saturated rings. The second-order valence-electron chi connectivity index (χ2n) is 11.3. The molecule has 0 aliphatic carbocycles. The van der Waals surface area contributed by atoms with Crippen molar-refractivity contribution >= 4 is 17.4 Å². The third-order valence-electron chi connectivity index (χ3n) is 7.52. The first-order chi connectivity index (χ1) is 19.5. The summed E-state index contributed by atoms with van der Waals surface area (Å²) in [5.74, 6) is 0.411. The van der Waals surface area contributed by atoms with Crippen molar-refractivity contribution in [2.75, 3.05) is 14.2 Å². The number of nitrogens with zero attached hydrogens (tertiary/aromatic N) is 1. The summed E-state index contributed by atoms with van der Waals surface area (Å²) in [7, 11) is 3.19. The second kappa shape index (κ2) is 12.5. The van der Waals surface area contributed by atoms with Gasteiger partial charge >= 0.3 is 5.97 Å². The second-order valence-corrected chi connectivity index (χ2v) is 11.3. The molecular formula is C33H38N2O6. The highest BCUT2D eigenvalue weighted by atomic mass is 16.5. The number of rotatable bonds is 10. The van der Waals surface area contributed by atoms with Crippen LogP contribution in [-0.2, 0) is 28.0 Å². The number of methoxy groups -OCH3 is 2. The molecule has 41 heavy (non-hydrogen) atoms. The molecule has 1 aliphatic rings. The Morgan fingerprint density at radius 2 is 1.73 bits per heavy atom. The van der Waals surface area contributed by atoms with Crippen molar-refractivity contribution in [1.29, 1.82) is 0 Å². The zero-order valence-electron chi connectivity index (χ0n) is 24.3. The van der Waals surface area contributed by atoms with Crippen molar-refractivity contribution in [3.05, 3.63) is 99.0 Å². The summed E-state index contributed by atoms with van der Waals surface area (Å²) < 4.78 is 10.9. The third-order valence-corrected chi connectivity index (χ3v) is 7.52. The summed E-state index contributed by atoms with van der Waals surface area (Å²) in [6, 6.07) is 17.1. The highest BCUT2D eigenvalue weighted by Gasteiger charge is 2.31. The molecule has 8 nitrogen and oxygen atoms in total. The van der Waals surface area contributed by atoms with E-state index in [1.54, 1.807) is 26.4 Å². The first-order valence-electron chi connectivity index (χ1n) is 13.8. The maximum absolute atomic E-state index is 13.1. The molecule has 1 amide bonds. The van der Waals surface area contributed by atoms with E-state index >= 15 is 0 Å². The van der Waals surface area contributed by atoms with Crippen LogP contribution in [0.1, 0.15) is 68.0 Å². The van der Waals surface area contributed by atoms with Gasteiger partial charge in [-0.15, -0.1) is 0 Å². The Labute approximate surface area is 240 Å². The van der Waals surface area contributed by atoms with Crippen LogP contribution in [0.4, 0.5) is 0 Å². The number of hydrogen-bond donors (Lipinski definition) is 2.